The molecule has 1 aromatic heterocycles. The van der Waals surface area contributed by atoms with Crippen molar-refractivity contribution in [3.63, 3.8) is 0 Å². The van der Waals surface area contributed by atoms with Crippen molar-refractivity contribution in [3.05, 3.63) is 36.2 Å². The zero-order valence-electron chi connectivity index (χ0n) is 13.5. The van der Waals surface area contributed by atoms with Crippen LogP contribution in [0.15, 0.2) is 30.3 Å². The van der Waals surface area contributed by atoms with E-state index in [0.717, 1.165) is 17.2 Å². The summed E-state index contributed by atoms with van der Waals surface area (Å²) in [5, 5.41) is 9.14. The number of anilines is 4. The minimum atomic E-state index is -0.107. The molecule has 0 atom stereocenters. The molecule has 0 spiro atoms. The number of amides is 1. The Morgan fingerprint density at radius 1 is 1.17 bits per heavy atom. The van der Waals surface area contributed by atoms with Crippen molar-refractivity contribution in [3.8, 4) is 0 Å². The number of aryl methyl sites for hydroxylation is 1. The summed E-state index contributed by atoms with van der Waals surface area (Å²) in [5.41, 5.74) is 1.56. The van der Waals surface area contributed by atoms with Gasteiger partial charge in [0.1, 0.15) is 17.5 Å². The third-order valence-electron chi connectivity index (χ3n) is 2.91. The molecule has 0 bridgehead atoms. The number of benzene rings is 1. The first-order valence-electron chi connectivity index (χ1n) is 7.30. The molecule has 1 heterocycles. The largest absolute Gasteiger partial charge is 0.383 e. The van der Waals surface area contributed by atoms with Crippen LogP contribution in [-0.4, -0.2) is 36.1 Å². The SMILES string of the molecule is COCCNc1cc(Nc2cccc(NC(C)=O)c2)nc(C)n1. The number of carbonyl (C=O) groups is 1. The molecule has 7 nitrogen and oxygen atoms in total. The number of carbonyl (C=O) groups excluding carboxylic acids is 1. The van der Waals surface area contributed by atoms with Gasteiger partial charge in [0.25, 0.3) is 0 Å². The van der Waals surface area contributed by atoms with Gasteiger partial charge in [-0.15, -0.1) is 0 Å². The Kier molecular flexibility index (Phi) is 5.87. The van der Waals surface area contributed by atoms with Gasteiger partial charge in [0.05, 0.1) is 6.61 Å². The average molecular weight is 315 g/mol. The zero-order valence-corrected chi connectivity index (χ0v) is 13.5. The highest BCUT2D eigenvalue weighted by Crippen LogP contribution is 2.20. The van der Waals surface area contributed by atoms with Gasteiger partial charge < -0.3 is 20.7 Å². The number of ether oxygens (including phenoxy) is 1. The highest BCUT2D eigenvalue weighted by molar-refractivity contribution is 5.89. The molecule has 3 N–H and O–H groups in total. The molecule has 1 aromatic carbocycles. The van der Waals surface area contributed by atoms with Gasteiger partial charge >= 0.3 is 0 Å². The molecule has 23 heavy (non-hydrogen) atoms. The monoisotopic (exact) mass is 315 g/mol. The molecule has 2 rings (SSSR count). The third kappa shape index (κ3) is 5.55. The van der Waals surface area contributed by atoms with Crippen LogP contribution in [0.3, 0.4) is 0 Å². The fourth-order valence-electron chi connectivity index (χ4n) is 2.03. The maximum absolute atomic E-state index is 11.1. The van der Waals surface area contributed by atoms with Crippen molar-refractivity contribution in [2.24, 2.45) is 0 Å². The second kappa shape index (κ2) is 8.09. The topological polar surface area (TPSA) is 88.2 Å². The maximum atomic E-state index is 11.1. The predicted octanol–water partition coefficient (Wildman–Crippen LogP) is 2.55. The van der Waals surface area contributed by atoms with Crippen LogP contribution in [0, 0.1) is 6.92 Å². The molecule has 0 aliphatic carbocycles. The number of hydrogen-bond acceptors (Lipinski definition) is 6. The normalized spacial score (nSPS) is 10.2. The third-order valence-corrected chi connectivity index (χ3v) is 2.91. The summed E-state index contributed by atoms with van der Waals surface area (Å²) in [4.78, 5) is 19.8. The molecular weight excluding hydrogens is 294 g/mol. The fraction of sp³-hybridized carbons (Fsp3) is 0.312. The van der Waals surface area contributed by atoms with Gasteiger partial charge in [-0.25, -0.2) is 9.97 Å². The van der Waals surface area contributed by atoms with Crippen LogP contribution in [0.1, 0.15) is 12.7 Å². The molecule has 0 radical (unpaired) electrons. The van der Waals surface area contributed by atoms with Crippen molar-refractivity contribution in [2.75, 3.05) is 36.2 Å². The Labute approximate surface area is 135 Å². The van der Waals surface area contributed by atoms with Crippen LogP contribution in [0.2, 0.25) is 0 Å². The van der Waals surface area contributed by atoms with Crippen LogP contribution in [0.5, 0.6) is 0 Å². The first-order chi connectivity index (χ1) is 11.1. The molecule has 0 aliphatic heterocycles. The number of hydrogen-bond donors (Lipinski definition) is 3. The smallest absolute Gasteiger partial charge is 0.221 e. The number of methoxy groups -OCH3 is 1. The van der Waals surface area contributed by atoms with Gasteiger partial charge in [0, 0.05) is 38.0 Å². The Hall–Kier alpha value is -2.67. The van der Waals surface area contributed by atoms with Gasteiger partial charge in [-0.1, -0.05) is 6.07 Å². The van der Waals surface area contributed by atoms with Gasteiger partial charge in [0.2, 0.25) is 5.91 Å². The molecule has 0 aliphatic rings. The average Bonchev–Trinajstić information content (AvgIpc) is 2.46. The lowest BCUT2D eigenvalue weighted by Crippen LogP contribution is -2.10. The van der Waals surface area contributed by atoms with Crippen LogP contribution < -0.4 is 16.0 Å². The first kappa shape index (κ1) is 16.7. The lowest BCUT2D eigenvalue weighted by Gasteiger charge is -2.11. The summed E-state index contributed by atoms with van der Waals surface area (Å²) in [6.07, 6.45) is 0. The van der Waals surface area contributed by atoms with E-state index in [0.29, 0.717) is 24.8 Å². The lowest BCUT2D eigenvalue weighted by atomic mass is 10.2. The summed E-state index contributed by atoms with van der Waals surface area (Å²) in [6, 6.07) is 9.26. The minimum absolute atomic E-state index is 0.107. The Morgan fingerprint density at radius 2 is 1.91 bits per heavy atom. The molecule has 7 heteroatoms. The summed E-state index contributed by atoms with van der Waals surface area (Å²) >= 11 is 0. The van der Waals surface area contributed by atoms with Gasteiger partial charge in [-0.2, -0.15) is 0 Å². The Balaban J connectivity index is 2.11. The zero-order chi connectivity index (χ0) is 16.7. The summed E-state index contributed by atoms with van der Waals surface area (Å²) in [5.74, 6) is 1.96. The Bertz CT molecular complexity index is 675. The van der Waals surface area contributed by atoms with Crippen LogP contribution in [0.25, 0.3) is 0 Å². The van der Waals surface area contributed by atoms with E-state index in [-0.39, 0.29) is 5.91 Å². The van der Waals surface area contributed by atoms with Gasteiger partial charge in [-0.05, 0) is 25.1 Å². The lowest BCUT2D eigenvalue weighted by molar-refractivity contribution is -0.114. The van der Waals surface area contributed by atoms with E-state index in [1.54, 1.807) is 7.11 Å². The predicted molar refractivity (Wildman–Crippen MR) is 91.2 cm³/mol. The highest BCUT2D eigenvalue weighted by Gasteiger charge is 2.03. The maximum Gasteiger partial charge on any atom is 0.221 e. The minimum Gasteiger partial charge on any atom is -0.383 e. The van der Waals surface area contributed by atoms with Crippen molar-refractivity contribution < 1.29 is 9.53 Å². The van der Waals surface area contributed by atoms with Crippen molar-refractivity contribution in [1.29, 1.82) is 0 Å². The second-order valence-electron chi connectivity index (χ2n) is 4.99. The van der Waals surface area contributed by atoms with Crippen LogP contribution in [0.4, 0.5) is 23.0 Å². The fourth-order valence-corrected chi connectivity index (χ4v) is 2.03. The highest BCUT2D eigenvalue weighted by atomic mass is 16.5. The molecule has 0 saturated carbocycles. The Morgan fingerprint density at radius 3 is 2.65 bits per heavy atom. The number of aromatic nitrogens is 2. The van der Waals surface area contributed by atoms with Crippen LogP contribution >= 0.6 is 0 Å². The van der Waals surface area contributed by atoms with E-state index in [2.05, 4.69) is 25.9 Å². The van der Waals surface area contributed by atoms with E-state index < -0.39 is 0 Å². The van der Waals surface area contributed by atoms with Crippen molar-refractivity contribution in [2.45, 2.75) is 13.8 Å². The standard InChI is InChI=1S/C16H21N5O2/c1-11-18-15(17-7-8-23-3)10-16(19-11)21-14-6-4-5-13(9-14)20-12(2)22/h4-6,9-10H,7-8H2,1-3H3,(H,20,22)(H2,17,18,19,21). The summed E-state index contributed by atoms with van der Waals surface area (Å²) in [7, 11) is 1.65. The van der Waals surface area contributed by atoms with Crippen molar-refractivity contribution >= 4 is 28.9 Å². The van der Waals surface area contributed by atoms with E-state index in [9.17, 15) is 4.79 Å². The molecular formula is C16H21N5O2. The van der Waals surface area contributed by atoms with Crippen molar-refractivity contribution in [1.82, 2.24) is 9.97 Å². The molecule has 0 fully saturated rings. The quantitative estimate of drug-likeness (QED) is 0.681. The summed E-state index contributed by atoms with van der Waals surface area (Å²) < 4.78 is 5.01. The molecule has 0 saturated heterocycles. The molecule has 2 aromatic rings. The molecule has 0 unspecified atom stereocenters. The molecule has 122 valence electrons. The number of rotatable bonds is 7. The van der Waals surface area contributed by atoms with Gasteiger partial charge in [0.15, 0.2) is 0 Å². The number of nitrogens with zero attached hydrogens (tertiary/aromatic N) is 2. The van der Waals surface area contributed by atoms with Gasteiger partial charge in [-0.3, -0.25) is 4.79 Å². The van der Waals surface area contributed by atoms with E-state index >= 15 is 0 Å². The van der Waals surface area contributed by atoms with E-state index in [1.807, 2.05) is 37.3 Å². The second-order valence-corrected chi connectivity index (χ2v) is 4.99. The van der Waals surface area contributed by atoms with Crippen LogP contribution in [-0.2, 0) is 9.53 Å². The van der Waals surface area contributed by atoms with E-state index in [1.165, 1.54) is 6.92 Å². The molecule has 1 amide bonds. The number of nitrogens with one attached hydrogen (secondary N) is 3. The summed E-state index contributed by atoms with van der Waals surface area (Å²) in [6.45, 7) is 4.58. The first-order valence-corrected chi connectivity index (χ1v) is 7.30. The van der Waals surface area contributed by atoms with E-state index in [4.69, 9.17) is 4.74 Å².